The third-order valence-corrected chi connectivity index (χ3v) is 5.40. The molecule has 0 bridgehead atoms. The maximum atomic E-state index is 12.9. The van der Waals surface area contributed by atoms with Crippen LogP contribution >= 0.6 is 11.6 Å². The molecule has 3 aromatic rings. The van der Waals surface area contributed by atoms with Crippen LogP contribution in [0.5, 0.6) is 5.75 Å². The molecule has 0 saturated carbocycles. The van der Waals surface area contributed by atoms with Gasteiger partial charge in [0, 0.05) is 5.69 Å². The van der Waals surface area contributed by atoms with Crippen LogP contribution in [-0.2, 0) is 9.59 Å². The highest BCUT2D eigenvalue weighted by Crippen LogP contribution is 2.30. The molecule has 0 unspecified atom stereocenters. The Labute approximate surface area is 195 Å². The minimum absolute atomic E-state index is 0.0362. The molecule has 33 heavy (non-hydrogen) atoms. The minimum atomic E-state index is -0.606. The van der Waals surface area contributed by atoms with Crippen molar-refractivity contribution in [3.8, 4) is 5.75 Å². The number of nitrogens with zero attached hydrogens (tertiary/aromatic N) is 1. The third kappa shape index (κ3) is 4.44. The molecule has 0 saturated heterocycles. The molecule has 0 aliphatic carbocycles. The predicted octanol–water partition coefficient (Wildman–Crippen LogP) is 4.54. The molecule has 2 amide bonds. The molecule has 4 rings (SSSR count). The van der Waals surface area contributed by atoms with Crippen molar-refractivity contribution in [2.24, 2.45) is 0 Å². The summed E-state index contributed by atoms with van der Waals surface area (Å²) in [5, 5.41) is 2.67. The molecule has 8 heteroatoms. The first kappa shape index (κ1) is 22.1. The van der Waals surface area contributed by atoms with E-state index in [2.05, 4.69) is 5.32 Å². The smallest absolute Gasteiger partial charge is 0.343 e. The van der Waals surface area contributed by atoms with E-state index in [1.54, 1.807) is 48.5 Å². The van der Waals surface area contributed by atoms with Crippen molar-refractivity contribution in [1.29, 1.82) is 0 Å². The van der Waals surface area contributed by atoms with E-state index in [0.29, 0.717) is 17.1 Å². The van der Waals surface area contributed by atoms with Crippen LogP contribution in [0.3, 0.4) is 0 Å². The van der Waals surface area contributed by atoms with E-state index in [1.165, 1.54) is 12.1 Å². The van der Waals surface area contributed by atoms with Crippen LogP contribution in [0.25, 0.3) is 0 Å². The van der Waals surface area contributed by atoms with Crippen molar-refractivity contribution in [3.05, 3.63) is 94.1 Å². The summed E-state index contributed by atoms with van der Waals surface area (Å²) < 4.78 is 5.36. The second-order valence-electron chi connectivity index (χ2n) is 7.61. The molecule has 0 atom stereocenters. The Hall–Kier alpha value is -4.10. The lowest BCUT2D eigenvalue weighted by atomic mass is 10.2. The Morgan fingerprint density at radius 1 is 0.939 bits per heavy atom. The van der Waals surface area contributed by atoms with Crippen LogP contribution in [0.2, 0.25) is 0 Å². The molecule has 1 aliphatic rings. The molecule has 0 spiro atoms. The second-order valence-corrected chi connectivity index (χ2v) is 7.98. The van der Waals surface area contributed by atoms with Crippen molar-refractivity contribution >= 4 is 46.4 Å². The third-order valence-electron chi connectivity index (χ3n) is 5.05. The first-order valence-electron chi connectivity index (χ1n) is 10.0. The van der Waals surface area contributed by atoms with Gasteiger partial charge in [-0.2, -0.15) is 0 Å². The number of hydrogen-bond donors (Lipinski definition) is 2. The summed E-state index contributed by atoms with van der Waals surface area (Å²) in [5.41, 5.74) is 9.28. The van der Waals surface area contributed by atoms with E-state index in [-0.39, 0.29) is 22.0 Å². The van der Waals surface area contributed by atoms with Crippen LogP contribution in [0.1, 0.15) is 21.5 Å². The zero-order valence-corrected chi connectivity index (χ0v) is 18.6. The van der Waals surface area contributed by atoms with Gasteiger partial charge in [0.15, 0.2) is 5.75 Å². The van der Waals surface area contributed by atoms with Gasteiger partial charge in [0.05, 0.1) is 16.9 Å². The molecule has 0 fully saturated rings. The van der Waals surface area contributed by atoms with Crippen LogP contribution in [0.4, 0.5) is 17.1 Å². The summed E-state index contributed by atoms with van der Waals surface area (Å²) in [7, 11) is 0. The van der Waals surface area contributed by atoms with Crippen molar-refractivity contribution in [1.82, 2.24) is 0 Å². The number of anilines is 3. The quantitative estimate of drug-likeness (QED) is 0.250. The topological polar surface area (TPSA) is 102 Å². The summed E-state index contributed by atoms with van der Waals surface area (Å²) in [6.07, 6.45) is 0. The molecular formula is C25H20ClN3O4. The van der Waals surface area contributed by atoms with Gasteiger partial charge in [-0.1, -0.05) is 29.8 Å². The van der Waals surface area contributed by atoms with E-state index < -0.39 is 17.8 Å². The normalized spacial score (nSPS) is 13.5. The Morgan fingerprint density at radius 2 is 1.64 bits per heavy atom. The van der Waals surface area contributed by atoms with E-state index in [1.807, 2.05) is 19.9 Å². The van der Waals surface area contributed by atoms with Gasteiger partial charge in [0.1, 0.15) is 10.7 Å². The zero-order chi connectivity index (χ0) is 23.7. The number of nitrogens with one attached hydrogen (secondary N) is 1. The lowest BCUT2D eigenvalue weighted by Gasteiger charge is -2.15. The average molecular weight is 462 g/mol. The van der Waals surface area contributed by atoms with Crippen LogP contribution in [0, 0.1) is 13.8 Å². The van der Waals surface area contributed by atoms with Gasteiger partial charge in [0.25, 0.3) is 11.8 Å². The second kappa shape index (κ2) is 8.80. The van der Waals surface area contributed by atoms with E-state index in [9.17, 15) is 14.4 Å². The van der Waals surface area contributed by atoms with Gasteiger partial charge in [-0.3, -0.25) is 9.59 Å². The van der Waals surface area contributed by atoms with Crippen molar-refractivity contribution in [3.63, 3.8) is 0 Å². The highest BCUT2D eigenvalue weighted by molar-refractivity contribution is 6.53. The van der Waals surface area contributed by atoms with E-state index >= 15 is 0 Å². The largest absolute Gasteiger partial charge is 0.421 e. The predicted molar refractivity (Wildman–Crippen MR) is 127 cm³/mol. The Bertz CT molecular complexity index is 1320. The Morgan fingerprint density at radius 3 is 2.30 bits per heavy atom. The van der Waals surface area contributed by atoms with Gasteiger partial charge in [-0.25, -0.2) is 9.69 Å². The summed E-state index contributed by atoms with van der Waals surface area (Å²) in [6, 6.07) is 18.4. The zero-order valence-electron chi connectivity index (χ0n) is 17.9. The summed E-state index contributed by atoms with van der Waals surface area (Å²) in [4.78, 5) is 39.0. The van der Waals surface area contributed by atoms with Gasteiger partial charge in [-0.15, -0.1) is 0 Å². The highest BCUT2D eigenvalue weighted by Gasteiger charge is 2.39. The molecular weight excluding hydrogens is 442 g/mol. The number of aryl methyl sites for hydroxylation is 2. The van der Waals surface area contributed by atoms with Gasteiger partial charge in [-0.05, 0) is 73.5 Å². The first-order valence-corrected chi connectivity index (χ1v) is 10.4. The van der Waals surface area contributed by atoms with Crippen LogP contribution in [-0.4, -0.2) is 17.8 Å². The molecule has 3 N–H and O–H groups in total. The maximum Gasteiger partial charge on any atom is 0.343 e. The number of rotatable bonds is 5. The lowest BCUT2D eigenvalue weighted by molar-refractivity contribution is -0.120. The molecule has 166 valence electrons. The first-order chi connectivity index (χ1) is 15.7. The number of halogens is 1. The number of benzene rings is 3. The number of esters is 1. The monoisotopic (exact) mass is 461 g/mol. The van der Waals surface area contributed by atoms with Crippen LogP contribution < -0.4 is 20.7 Å². The summed E-state index contributed by atoms with van der Waals surface area (Å²) >= 11 is 6.17. The molecule has 3 aromatic carbocycles. The maximum absolute atomic E-state index is 12.9. The number of carbonyl (C=O) groups excluding carboxylic acids is 3. The molecule has 0 radical (unpaired) electrons. The number of hydrogen-bond acceptors (Lipinski definition) is 6. The highest BCUT2D eigenvalue weighted by atomic mass is 35.5. The molecule has 1 heterocycles. The standard InChI is InChI=1S/C25H20ClN3O4/c1-14-4-3-5-18(12-14)29-23(30)21(26)22(24(29)31)28-17-9-7-16(8-10-17)25(32)33-20-11-6-15(2)13-19(20)27/h3-13,28H,27H2,1-2H3. The molecule has 7 nitrogen and oxygen atoms in total. The van der Waals surface area contributed by atoms with Crippen molar-refractivity contribution in [2.75, 3.05) is 16.0 Å². The van der Waals surface area contributed by atoms with E-state index in [0.717, 1.165) is 16.0 Å². The summed E-state index contributed by atoms with van der Waals surface area (Å²) in [5.74, 6) is -1.47. The molecule has 1 aliphatic heterocycles. The Kier molecular flexibility index (Phi) is 5.89. The summed E-state index contributed by atoms with van der Waals surface area (Å²) in [6.45, 7) is 3.75. The Balaban J connectivity index is 1.49. The molecule has 0 aromatic heterocycles. The number of nitrogen functional groups attached to an aromatic ring is 1. The fourth-order valence-electron chi connectivity index (χ4n) is 3.37. The van der Waals surface area contributed by atoms with E-state index in [4.69, 9.17) is 22.1 Å². The minimum Gasteiger partial charge on any atom is -0.421 e. The number of amides is 2. The van der Waals surface area contributed by atoms with Gasteiger partial charge < -0.3 is 15.8 Å². The number of imide groups is 1. The SMILES string of the molecule is Cc1cccc(N2C(=O)C(Cl)=C(Nc3ccc(C(=O)Oc4ccc(C)cc4N)cc3)C2=O)c1. The van der Waals surface area contributed by atoms with Crippen molar-refractivity contribution < 1.29 is 19.1 Å². The number of ether oxygens (including phenoxy) is 1. The fourth-order valence-corrected chi connectivity index (χ4v) is 3.58. The fraction of sp³-hybridized carbons (Fsp3) is 0.0800. The average Bonchev–Trinajstić information content (AvgIpc) is 2.99. The van der Waals surface area contributed by atoms with Crippen molar-refractivity contribution in [2.45, 2.75) is 13.8 Å². The number of carbonyl (C=O) groups is 3. The van der Waals surface area contributed by atoms with Gasteiger partial charge in [0.2, 0.25) is 0 Å². The van der Waals surface area contributed by atoms with Gasteiger partial charge >= 0.3 is 5.97 Å². The van der Waals surface area contributed by atoms with Crippen LogP contribution in [0.15, 0.2) is 77.5 Å². The lowest BCUT2D eigenvalue weighted by Crippen LogP contribution is -2.32. The number of nitrogens with two attached hydrogens (primary N) is 1.